The van der Waals surface area contributed by atoms with Crippen LogP contribution in [0.1, 0.15) is 33.2 Å². The van der Waals surface area contributed by atoms with Crippen molar-refractivity contribution in [1.29, 1.82) is 0 Å². The van der Waals surface area contributed by atoms with Gasteiger partial charge in [0.05, 0.1) is 23.8 Å². The molecule has 3 aromatic heterocycles. The predicted octanol–water partition coefficient (Wildman–Crippen LogP) is 2.14. The number of hydrogen-bond donors (Lipinski definition) is 1. The Kier molecular flexibility index (Phi) is 3.65. The number of rotatable bonds is 3. The van der Waals surface area contributed by atoms with Crippen molar-refractivity contribution in [2.75, 3.05) is 5.32 Å². The number of anilines is 1. The van der Waals surface area contributed by atoms with Gasteiger partial charge in [0.25, 0.3) is 11.9 Å². The minimum atomic E-state index is -0.375. The molecule has 3 heterocycles. The summed E-state index contributed by atoms with van der Waals surface area (Å²) in [5.41, 5.74) is 3.70. The van der Waals surface area contributed by atoms with E-state index < -0.39 is 0 Å². The van der Waals surface area contributed by atoms with E-state index >= 15 is 0 Å². The van der Waals surface area contributed by atoms with Crippen molar-refractivity contribution in [3.63, 3.8) is 0 Å². The van der Waals surface area contributed by atoms with E-state index in [1.54, 1.807) is 17.7 Å². The Morgan fingerprint density at radius 2 is 1.87 bits per heavy atom. The van der Waals surface area contributed by atoms with Gasteiger partial charge in [0.2, 0.25) is 0 Å². The molecule has 1 amide bonds. The first-order chi connectivity index (χ1) is 11.0. The molecule has 8 nitrogen and oxygen atoms in total. The fourth-order valence-electron chi connectivity index (χ4n) is 2.08. The molecular formula is C15H16N6O2. The molecule has 0 spiro atoms. The zero-order valence-electron chi connectivity index (χ0n) is 13.3. The number of nitrogens with zero attached hydrogens (tertiary/aromatic N) is 5. The maximum absolute atomic E-state index is 12.0. The van der Waals surface area contributed by atoms with Crippen molar-refractivity contribution < 1.29 is 9.32 Å². The minimum Gasteiger partial charge on any atom is -0.361 e. The van der Waals surface area contributed by atoms with E-state index in [9.17, 15) is 4.79 Å². The molecule has 0 radical (unpaired) electrons. The molecule has 0 unspecified atom stereocenters. The average Bonchev–Trinajstić information content (AvgIpc) is 3.08. The number of aryl methyl sites for hydroxylation is 2. The number of amides is 1. The highest BCUT2D eigenvalue weighted by Crippen LogP contribution is 2.15. The molecule has 23 heavy (non-hydrogen) atoms. The second kappa shape index (κ2) is 5.64. The zero-order chi connectivity index (χ0) is 16.6. The summed E-state index contributed by atoms with van der Waals surface area (Å²) in [5.74, 6) is 0.649. The molecule has 3 aromatic rings. The largest absolute Gasteiger partial charge is 0.361 e. The van der Waals surface area contributed by atoms with Crippen LogP contribution in [-0.2, 0) is 0 Å². The van der Waals surface area contributed by atoms with E-state index in [2.05, 4.69) is 25.5 Å². The first-order valence-corrected chi connectivity index (χ1v) is 7.05. The molecule has 1 N–H and O–H groups in total. The average molecular weight is 312 g/mol. The Balaban J connectivity index is 1.79. The third kappa shape index (κ3) is 2.83. The molecule has 118 valence electrons. The van der Waals surface area contributed by atoms with Crippen LogP contribution in [0.15, 0.2) is 23.0 Å². The Bertz CT molecular complexity index is 863. The van der Waals surface area contributed by atoms with E-state index in [1.165, 1.54) is 12.4 Å². The van der Waals surface area contributed by atoms with Gasteiger partial charge in [-0.1, -0.05) is 5.16 Å². The lowest BCUT2D eigenvalue weighted by atomic mass is 10.2. The van der Waals surface area contributed by atoms with Gasteiger partial charge in [0.15, 0.2) is 5.69 Å². The number of carbonyl (C=O) groups excluding carboxylic acids is 1. The molecule has 0 fully saturated rings. The number of carbonyl (C=O) groups is 1. The summed E-state index contributed by atoms with van der Waals surface area (Å²) < 4.78 is 6.55. The lowest BCUT2D eigenvalue weighted by molar-refractivity contribution is 0.101. The van der Waals surface area contributed by atoms with Gasteiger partial charge in [0, 0.05) is 11.8 Å². The van der Waals surface area contributed by atoms with Crippen molar-refractivity contribution in [2.24, 2.45) is 0 Å². The van der Waals surface area contributed by atoms with Crippen LogP contribution >= 0.6 is 0 Å². The smallest absolute Gasteiger partial charge is 0.277 e. The Morgan fingerprint density at radius 1 is 1.17 bits per heavy atom. The second-order valence-electron chi connectivity index (χ2n) is 5.26. The van der Waals surface area contributed by atoms with Crippen LogP contribution in [0, 0.1) is 27.7 Å². The normalized spacial score (nSPS) is 10.8. The van der Waals surface area contributed by atoms with Crippen LogP contribution in [0.25, 0.3) is 5.95 Å². The summed E-state index contributed by atoms with van der Waals surface area (Å²) in [6, 6.07) is 1.56. The molecule has 3 rings (SSSR count). The fraction of sp³-hybridized carbons (Fsp3) is 0.267. The van der Waals surface area contributed by atoms with Crippen LogP contribution in [0.3, 0.4) is 0 Å². The highest BCUT2D eigenvalue weighted by Gasteiger charge is 2.13. The lowest BCUT2D eigenvalue weighted by Gasteiger charge is -2.05. The lowest BCUT2D eigenvalue weighted by Crippen LogP contribution is -2.13. The Hall–Kier alpha value is -3.03. The van der Waals surface area contributed by atoms with Crippen LogP contribution in [-0.4, -0.2) is 30.8 Å². The summed E-state index contributed by atoms with van der Waals surface area (Å²) >= 11 is 0. The van der Waals surface area contributed by atoms with Crippen molar-refractivity contribution >= 4 is 11.6 Å². The van der Waals surface area contributed by atoms with Crippen LogP contribution in [0.5, 0.6) is 0 Å². The van der Waals surface area contributed by atoms with Gasteiger partial charge in [-0.25, -0.2) is 14.6 Å². The number of hydrogen-bond acceptors (Lipinski definition) is 6. The van der Waals surface area contributed by atoms with Crippen LogP contribution in [0.2, 0.25) is 0 Å². The first kappa shape index (κ1) is 14.9. The quantitative estimate of drug-likeness (QED) is 0.795. The molecule has 0 saturated carbocycles. The topological polar surface area (TPSA) is 98.7 Å². The van der Waals surface area contributed by atoms with E-state index in [-0.39, 0.29) is 11.6 Å². The van der Waals surface area contributed by atoms with Gasteiger partial charge in [-0.2, -0.15) is 5.10 Å². The Morgan fingerprint density at radius 3 is 2.39 bits per heavy atom. The molecular weight excluding hydrogens is 296 g/mol. The third-order valence-corrected chi connectivity index (χ3v) is 3.60. The second-order valence-corrected chi connectivity index (χ2v) is 5.26. The third-order valence-electron chi connectivity index (χ3n) is 3.60. The van der Waals surface area contributed by atoms with Crippen molar-refractivity contribution in [3.8, 4) is 5.95 Å². The van der Waals surface area contributed by atoms with E-state index in [4.69, 9.17) is 4.52 Å². The molecule has 8 heteroatoms. The van der Waals surface area contributed by atoms with E-state index in [1.807, 2.05) is 20.8 Å². The van der Waals surface area contributed by atoms with Crippen LogP contribution in [0.4, 0.5) is 5.69 Å². The summed E-state index contributed by atoms with van der Waals surface area (Å²) in [7, 11) is 0. The summed E-state index contributed by atoms with van der Waals surface area (Å²) in [4.78, 5) is 20.5. The van der Waals surface area contributed by atoms with Gasteiger partial charge < -0.3 is 9.84 Å². The van der Waals surface area contributed by atoms with Gasteiger partial charge in [-0.15, -0.1) is 0 Å². The van der Waals surface area contributed by atoms with Crippen molar-refractivity contribution in [1.82, 2.24) is 24.9 Å². The molecule has 0 aliphatic carbocycles. The van der Waals surface area contributed by atoms with Crippen molar-refractivity contribution in [3.05, 3.63) is 46.9 Å². The maximum atomic E-state index is 12.0. The van der Waals surface area contributed by atoms with Gasteiger partial charge in [-0.05, 0) is 33.3 Å². The van der Waals surface area contributed by atoms with Crippen LogP contribution < -0.4 is 5.32 Å². The fourth-order valence-corrected chi connectivity index (χ4v) is 2.08. The highest BCUT2D eigenvalue weighted by molar-refractivity contribution is 6.02. The minimum absolute atomic E-state index is 0.209. The molecule has 0 aromatic carbocycles. The van der Waals surface area contributed by atoms with Gasteiger partial charge >= 0.3 is 0 Å². The zero-order valence-corrected chi connectivity index (χ0v) is 13.3. The van der Waals surface area contributed by atoms with E-state index in [0.29, 0.717) is 17.4 Å². The molecule has 0 atom stereocenters. The Labute approximate surface area is 132 Å². The molecule has 0 bridgehead atoms. The summed E-state index contributed by atoms with van der Waals surface area (Å²) in [6.07, 6.45) is 3.05. The predicted molar refractivity (Wildman–Crippen MR) is 82.6 cm³/mol. The van der Waals surface area contributed by atoms with Crippen molar-refractivity contribution in [2.45, 2.75) is 27.7 Å². The molecule has 0 aliphatic heterocycles. The van der Waals surface area contributed by atoms with Gasteiger partial charge in [-0.3, -0.25) is 4.79 Å². The standard InChI is InChI=1S/C15H16N6O2/c1-8-5-13(20-23-8)14(22)18-12-6-16-15(17-7-12)21-11(4)9(2)10(3)19-21/h5-7H,1-4H3,(H,18,22). The van der Waals surface area contributed by atoms with Gasteiger partial charge in [0.1, 0.15) is 5.76 Å². The molecule has 0 aliphatic rings. The SMILES string of the molecule is Cc1cc(C(=O)Nc2cnc(-n3nc(C)c(C)c3C)nc2)no1. The first-order valence-electron chi connectivity index (χ1n) is 7.05. The number of nitrogens with one attached hydrogen (secondary N) is 1. The molecule has 0 saturated heterocycles. The summed E-state index contributed by atoms with van der Waals surface area (Å²) in [5, 5.41) is 10.7. The summed E-state index contributed by atoms with van der Waals surface area (Å²) in [6.45, 7) is 7.62. The maximum Gasteiger partial charge on any atom is 0.277 e. The monoisotopic (exact) mass is 312 g/mol. The van der Waals surface area contributed by atoms with E-state index in [0.717, 1.165) is 17.0 Å². The number of aromatic nitrogens is 5. The highest BCUT2D eigenvalue weighted by atomic mass is 16.5.